The summed E-state index contributed by atoms with van der Waals surface area (Å²) >= 11 is 0. The molecule has 6 heteroatoms. The summed E-state index contributed by atoms with van der Waals surface area (Å²) in [5.74, 6) is -1.40. The highest BCUT2D eigenvalue weighted by Gasteiger charge is 2.10. The molecular weight excluding hydrogens is 262 g/mol. The molecule has 1 amide bonds. The van der Waals surface area contributed by atoms with Gasteiger partial charge in [0, 0.05) is 19.0 Å². The Labute approximate surface area is 111 Å². The van der Waals surface area contributed by atoms with Crippen molar-refractivity contribution in [3.8, 4) is 0 Å². The van der Waals surface area contributed by atoms with E-state index >= 15 is 0 Å². The second kappa shape index (κ2) is 8.00. The minimum atomic E-state index is -0.483. The summed E-state index contributed by atoms with van der Waals surface area (Å²) in [6.07, 6.45) is 0.257. The maximum atomic E-state index is 13.2. The van der Waals surface area contributed by atoms with Gasteiger partial charge in [0.15, 0.2) is 0 Å². The number of rotatable bonds is 5. The fraction of sp³-hybridized carbons (Fsp3) is 0.417. The first-order valence-corrected chi connectivity index (χ1v) is 5.46. The Morgan fingerprint density at radius 1 is 1.44 bits per heavy atom. The van der Waals surface area contributed by atoms with E-state index in [1.165, 1.54) is 0 Å². The molecule has 1 aromatic rings. The molecule has 1 aromatic carbocycles. The zero-order valence-corrected chi connectivity index (χ0v) is 10.9. The van der Waals surface area contributed by atoms with Crippen molar-refractivity contribution in [3.05, 3.63) is 35.4 Å². The van der Waals surface area contributed by atoms with E-state index in [1.54, 1.807) is 6.92 Å². The van der Waals surface area contributed by atoms with E-state index in [0.717, 1.165) is 18.2 Å². The molecule has 1 atom stereocenters. The van der Waals surface area contributed by atoms with Gasteiger partial charge < -0.3 is 11.1 Å². The summed E-state index contributed by atoms with van der Waals surface area (Å²) in [6, 6.07) is 3.27. The van der Waals surface area contributed by atoms with E-state index in [0.29, 0.717) is 0 Å². The fourth-order valence-corrected chi connectivity index (χ4v) is 1.34. The fourth-order valence-electron chi connectivity index (χ4n) is 1.34. The van der Waals surface area contributed by atoms with Gasteiger partial charge in [0.05, 0.1) is 0 Å². The lowest BCUT2D eigenvalue weighted by Crippen LogP contribution is -2.34. The average Bonchev–Trinajstić information content (AvgIpc) is 2.32. The lowest BCUT2D eigenvalue weighted by atomic mass is 10.1. The number of nitrogens with one attached hydrogen (secondary N) is 1. The minimum Gasteiger partial charge on any atom is -0.355 e. The van der Waals surface area contributed by atoms with Crippen molar-refractivity contribution in [1.29, 1.82) is 0 Å². The molecule has 0 saturated heterocycles. The van der Waals surface area contributed by atoms with Crippen molar-refractivity contribution in [2.75, 3.05) is 13.1 Å². The molecular formula is C12H17ClF2N2O. The Morgan fingerprint density at radius 3 is 2.72 bits per heavy atom. The highest BCUT2D eigenvalue weighted by Crippen LogP contribution is 2.09. The molecule has 1 unspecified atom stereocenters. The molecule has 0 aliphatic carbocycles. The standard InChI is InChI=1S/C12H16F2N2O.ClH/c1-8(7-15)12(17)16-5-4-9-6-10(13)2-3-11(9)14;/h2-3,6,8H,4-5,7,15H2,1H3,(H,16,17);1H. The molecule has 0 aromatic heterocycles. The second-order valence-corrected chi connectivity index (χ2v) is 3.91. The van der Waals surface area contributed by atoms with Crippen LogP contribution in [0.2, 0.25) is 0 Å². The summed E-state index contributed by atoms with van der Waals surface area (Å²) in [6.45, 7) is 2.24. The molecule has 1 rings (SSSR count). The molecule has 3 N–H and O–H groups in total. The number of hydrogen-bond acceptors (Lipinski definition) is 2. The molecule has 102 valence electrons. The predicted molar refractivity (Wildman–Crippen MR) is 68.5 cm³/mol. The van der Waals surface area contributed by atoms with Gasteiger partial charge in [0.25, 0.3) is 0 Å². The van der Waals surface area contributed by atoms with Crippen LogP contribution in [0.5, 0.6) is 0 Å². The predicted octanol–water partition coefficient (Wildman–Crippen LogP) is 1.64. The molecule has 0 fully saturated rings. The largest absolute Gasteiger partial charge is 0.355 e. The molecule has 0 aliphatic heterocycles. The van der Waals surface area contributed by atoms with Gasteiger partial charge in [-0.15, -0.1) is 12.4 Å². The Bertz CT molecular complexity index is 402. The van der Waals surface area contributed by atoms with E-state index in [9.17, 15) is 13.6 Å². The van der Waals surface area contributed by atoms with Crippen LogP contribution >= 0.6 is 12.4 Å². The average molecular weight is 279 g/mol. The van der Waals surface area contributed by atoms with Crippen molar-refractivity contribution in [2.24, 2.45) is 11.7 Å². The highest BCUT2D eigenvalue weighted by atomic mass is 35.5. The van der Waals surface area contributed by atoms with Crippen LogP contribution in [-0.4, -0.2) is 19.0 Å². The van der Waals surface area contributed by atoms with Gasteiger partial charge in [-0.05, 0) is 30.2 Å². The Hall–Kier alpha value is -1.20. The molecule has 0 heterocycles. The van der Waals surface area contributed by atoms with Gasteiger partial charge in [-0.2, -0.15) is 0 Å². The molecule has 0 bridgehead atoms. The van der Waals surface area contributed by atoms with Crippen molar-refractivity contribution < 1.29 is 13.6 Å². The quantitative estimate of drug-likeness (QED) is 0.860. The number of nitrogens with two attached hydrogens (primary N) is 1. The first-order chi connectivity index (χ1) is 8.04. The van der Waals surface area contributed by atoms with Crippen molar-refractivity contribution in [2.45, 2.75) is 13.3 Å². The SMILES string of the molecule is CC(CN)C(=O)NCCc1cc(F)ccc1F.Cl. The second-order valence-electron chi connectivity index (χ2n) is 3.91. The molecule has 0 aliphatic rings. The van der Waals surface area contributed by atoms with E-state index in [-0.39, 0.29) is 49.3 Å². The first kappa shape index (κ1) is 16.8. The normalized spacial score (nSPS) is 11.6. The van der Waals surface area contributed by atoms with Gasteiger partial charge >= 0.3 is 0 Å². The molecule has 3 nitrogen and oxygen atoms in total. The Morgan fingerprint density at radius 2 is 2.11 bits per heavy atom. The lowest BCUT2D eigenvalue weighted by molar-refractivity contribution is -0.124. The summed E-state index contributed by atoms with van der Waals surface area (Å²) < 4.78 is 26.1. The van der Waals surface area contributed by atoms with Gasteiger partial charge in [-0.25, -0.2) is 8.78 Å². The van der Waals surface area contributed by atoms with Crippen LogP contribution in [0.1, 0.15) is 12.5 Å². The highest BCUT2D eigenvalue weighted by molar-refractivity contribution is 5.85. The van der Waals surface area contributed by atoms with Crippen molar-refractivity contribution >= 4 is 18.3 Å². The molecule has 0 spiro atoms. The maximum absolute atomic E-state index is 13.2. The van der Waals surface area contributed by atoms with Gasteiger partial charge in [-0.3, -0.25) is 4.79 Å². The Kier molecular flexibility index (Phi) is 7.47. The molecule has 0 saturated carbocycles. The smallest absolute Gasteiger partial charge is 0.224 e. The number of halogens is 3. The van der Waals surface area contributed by atoms with Crippen LogP contribution in [0.15, 0.2) is 18.2 Å². The Balaban J connectivity index is 0.00000289. The lowest BCUT2D eigenvalue weighted by Gasteiger charge is -2.10. The number of benzene rings is 1. The summed E-state index contributed by atoms with van der Waals surface area (Å²) in [5, 5.41) is 2.62. The number of carbonyl (C=O) groups is 1. The van der Waals surface area contributed by atoms with Crippen molar-refractivity contribution in [1.82, 2.24) is 5.32 Å². The minimum absolute atomic E-state index is 0. The van der Waals surface area contributed by atoms with E-state index in [2.05, 4.69) is 5.32 Å². The van der Waals surface area contributed by atoms with E-state index in [4.69, 9.17) is 5.73 Å². The number of hydrogen-bond donors (Lipinski definition) is 2. The van der Waals surface area contributed by atoms with Crippen LogP contribution in [0.25, 0.3) is 0 Å². The molecule has 18 heavy (non-hydrogen) atoms. The van der Waals surface area contributed by atoms with E-state index < -0.39 is 11.6 Å². The summed E-state index contributed by atoms with van der Waals surface area (Å²) in [7, 11) is 0. The first-order valence-electron chi connectivity index (χ1n) is 5.46. The van der Waals surface area contributed by atoms with Gasteiger partial charge in [0.2, 0.25) is 5.91 Å². The van der Waals surface area contributed by atoms with Gasteiger partial charge in [-0.1, -0.05) is 6.92 Å². The summed E-state index contributed by atoms with van der Waals surface area (Å²) in [4.78, 5) is 11.4. The third kappa shape index (κ3) is 4.98. The van der Waals surface area contributed by atoms with Crippen LogP contribution in [0.4, 0.5) is 8.78 Å². The molecule has 0 radical (unpaired) electrons. The number of carbonyl (C=O) groups excluding carboxylic acids is 1. The zero-order valence-electron chi connectivity index (χ0n) is 10.1. The van der Waals surface area contributed by atoms with Crippen LogP contribution in [0, 0.1) is 17.6 Å². The monoisotopic (exact) mass is 278 g/mol. The van der Waals surface area contributed by atoms with Crippen LogP contribution in [0.3, 0.4) is 0 Å². The zero-order chi connectivity index (χ0) is 12.8. The number of amides is 1. The summed E-state index contributed by atoms with van der Waals surface area (Å²) in [5.41, 5.74) is 5.58. The van der Waals surface area contributed by atoms with E-state index in [1.807, 2.05) is 0 Å². The van der Waals surface area contributed by atoms with Crippen LogP contribution < -0.4 is 11.1 Å². The topological polar surface area (TPSA) is 55.1 Å². The van der Waals surface area contributed by atoms with Crippen LogP contribution in [-0.2, 0) is 11.2 Å². The van der Waals surface area contributed by atoms with Crippen molar-refractivity contribution in [3.63, 3.8) is 0 Å². The third-order valence-electron chi connectivity index (χ3n) is 2.50. The third-order valence-corrected chi connectivity index (χ3v) is 2.50. The van der Waals surface area contributed by atoms with Gasteiger partial charge in [0.1, 0.15) is 11.6 Å². The maximum Gasteiger partial charge on any atom is 0.224 e.